The van der Waals surface area contributed by atoms with Gasteiger partial charge in [0.2, 0.25) is 0 Å². The number of hydrogen-bond acceptors (Lipinski definition) is 8. The van der Waals surface area contributed by atoms with Crippen molar-refractivity contribution >= 4 is 19.8 Å². The van der Waals surface area contributed by atoms with Crippen LogP contribution in [-0.4, -0.2) is 70.0 Å². The lowest BCUT2D eigenvalue weighted by Crippen LogP contribution is -2.37. The standard InChI is InChI=1S/C54H106NO8P/c1-6-8-10-12-14-16-18-20-22-23-24-25-26-27-28-29-30-31-33-35-37-39-41-43-45-47-54(57)63-52(51-62-64(58,59)61-49-48-55(3,4)5)50-60-53(56)46-44-42-40-38-36-34-32-21-19-17-15-13-11-9-7-2/h23-24,52H,6-22,25-51H2,1-5H3/b24-23-. The predicted octanol–water partition coefficient (Wildman–Crippen LogP) is 15.8. The van der Waals surface area contributed by atoms with Gasteiger partial charge < -0.3 is 27.9 Å². The van der Waals surface area contributed by atoms with E-state index in [1.807, 2.05) is 21.1 Å². The van der Waals surface area contributed by atoms with Crippen molar-refractivity contribution in [3.05, 3.63) is 12.2 Å². The second kappa shape index (κ2) is 46.8. The number of phosphoric acid groups is 1. The lowest BCUT2D eigenvalue weighted by Gasteiger charge is -2.28. The summed E-state index contributed by atoms with van der Waals surface area (Å²) >= 11 is 0. The maximum absolute atomic E-state index is 12.8. The molecule has 0 saturated heterocycles. The van der Waals surface area contributed by atoms with E-state index in [1.54, 1.807) is 0 Å². The van der Waals surface area contributed by atoms with Gasteiger partial charge in [0, 0.05) is 12.8 Å². The number of phosphoric ester groups is 1. The van der Waals surface area contributed by atoms with Gasteiger partial charge in [0.1, 0.15) is 19.8 Å². The number of esters is 2. The van der Waals surface area contributed by atoms with Crippen molar-refractivity contribution in [2.45, 2.75) is 277 Å². The average molecular weight is 928 g/mol. The number of allylic oxidation sites excluding steroid dienone is 2. The summed E-state index contributed by atoms with van der Waals surface area (Å²) in [5.41, 5.74) is 0. The zero-order chi connectivity index (χ0) is 47.1. The van der Waals surface area contributed by atoms with Crippen LogP contribution in [0.25, 0.3) is 0 Å². The van der Waals surface area contributed by atoms with Crippen molar-refractivity contribution in [2.75, 3.05) is 47.5 Å². The van der Waals surface area contributed by atoms with E-state index in [1.165, 1.54) is 205 Å². The van der Waals surface area contributed by atoms with E-state index >= 15 is 0 Å². The summed E-state index contributed by atoms with van der Waals surface area (Å²) in [5, 5.41) is 0. The molecular formula is C54H106NO8P. The molecule has 0 rings (SSSR count). The highest BCUT2D eigenvalue weighted by Crippen LogP contribution is 2.38. The smallest absolute Gasteiger partial charge is 0.306 e. The van der Waals surface area contributed by atoms with Crippen LogP contribution in [0.4, 0.5) is 0 Å². The molecule has 64 heavy (non-hydrogen) atoms. The number of hydrogen-bond donors (Lipinski definition) is 0. The van der Waals surface area contributed by atoms with Gasteiger partial charge >= 0.3 is 11.9 Å². The van der Waals surface area contributed by atoms with Crippen molar-refractivity contribution in [1.82, 2.24) is 0 Å². The molecule has 0 bridgehead atoms. The zero-order valence-electron chi connectivity index (χ0n) is 43.0. The Hall–Kier alpha value is -1.25. The molecule has 0 heterocycles. The SMILES string of the molecule is CCCCCCCCCC/C=C\CCCCCCCCCCCCCCCC(=O)OC(COC(=O)CCCCCCCCCCCCCCCCC)COP(=O)([O-])OCC[N+](C)(C)C. The predicted molar refractivity (Wildman–Crippen MR) is 268 cm³/mol. The van der Waals surface area contributed by atoms with Gasteiger partial charge in [0.05, 0.1) is 27.7 Å². The van der Waals surface area contributed by atoms with E-state index in [9.17, 15) is 19.0 Å². The molecule has 0 fully saturated rings. The van der Waals surface area contributed by atoms with E-state index in [4.69, 9.17) is 18.5 Å². The summed E-state index contributed by atoms with van der Waals surface area (Å²) in [5.74, 6) is -0.817. The molecule has 0 aliphatic carbocycles. The van der Waals surface area contributed by atoms with Gasteiger partial charge in [-0.05, 0) is 38.5 Å². The highest BCUT2D eigenvalue weighted by molar-refractivity contribution is 7.45. The lowest BCUT2D eigenvalue weighted by molar-refractivity contribution is -0.870. The van der Waals surface area contributed by atoms with E-state index < -0.39 is 26.5 Å². The van der Waals surface area contributed by atoms with Crippen molar-refractivity contribution in [3.63, 3.8) is 0 Å². The molecule has 2 atom stereocenters. The first-order valence-electron chi connectivity index (χ1n) is 27.4. The van der Waals surface area contributed by atoms with Gasteiger partial charge in [-0.25, -0.2) is 0 Å². The molecule has 10 heteroatoms. The van der Waals surface area contributed by atoms with E-state index in [0.29, 0.717) is 17.4 Å². The largest absolute Gasteiger partial charge is 0.756 e. The Balaban J connectivity index is 4.13. The second-order valence-corrected chi connectivity index (χ2v) is 21.4. The molecule has 0 N–H and O–H groups in total. The Morgan fingerprint density at radius 1 is 0.469 bits per heavy atom. The molecule has 0 spiro atoms. The molecule has 9 nitrogen and oxygen atoms in total. The number of carbonyl (C=O) groups is 2. The molecule has 0 amide bonds. The van der Waals surface area contributed by atoms with Crippen LogP contribution in [0.2, 0.25) is 0 Å². The molecule has 2 unspecified atom stereocenters. The Morgan fingerprint density at radius 3 is 1.16 bits per heavy atom. The van der Waals surface area contributed by atoms with Crippen LogP contribution < -0.4 is 4.89 Å². The fraction of sp³-hybridized carbons (Fsp3) is 0.926. The fourth-order valence-corrected chi connectivity index (χ4v) is 8.73. The summed E-state index contributed by atoms with van der Waals surface area (Å²) in [4.78, 5) is 37.7. The first kappa shape index (κ1) is 62.8. The molecular weight excluding hydrogens is 822 g/mol. The quantitative estimate of drug-likeness (QED) is 0.0195. The third-order valence-electron chi connectivity index (χ3n) is 12.3. The van der Waals surface area contributed by atoms with E-state index in [-0.39, 0.29) is 32.0 Å². The Labute approximate surface area is 396 Å². The van der Waals surface area contributed by atoms with Crippen LogP contribution >= 0.6 is 7.82 Å². The fourth-order valence-electron chi connectivity index (χ4n) is 8.01. The third kappa shape index (κ3) is 50.2. The van der Waals surface area contributed by atoms with Gasteiger partial charge in [-0.1, -0.05) is 231 Å². The van der Waals surface area contributed by atoms with Gasteiger partial charge in [0.25, 0.3) is 7.82 Å². The Morgan fingerprint density at radius 2 is 0.797 bits per heavy atom. The topological polar surface area (TPSA) is 111 Å². The Kier molecular flexibility index (Phi) is 45.9. The minimum Gasteiger partial charge on any atom is -0.756 e. The summed E-state index contributed by atoms with van der Waals surface area (Å²) in [6, 6.07) is 0. The molecule has 0 aromatic heterocycles. The highest BCUT2D eigenvalue weighted by atomic mass is 31.2. The number of carbonyl (C=O) groups excluding carboxylic acids is 2. The van der Waals surface area contributed by atoms with Crippen LogP contribution in [-0.2, 0) is 32.7 Å². The maximum Gasteiger partial charge on any atom is 0.306 e. The van der Waals surface area contributed by atoms with Gasteiger partial charge in [-0.3, -0.25) is 14.2 Å². The van der Waals surface area contributed by atoms with Crippen LogP contribution in [0, 0.1) is 0 Å². The number of rotatable bonds is 51. The van der Waals surface area contributed by atoms with Gasteiger partial charge in [0.15, 0.2) is 6.10 Å². The molecule has 0 aromatic carbocycles. The molecule has 380 valence electrons. The first-order valence-corrected chi connectivity index (χ1v) is 28.9. The molecule has 0 aliphatic rings. The first-order chi connectivity index (χ1) is 31.0. The molecule has 0 aliphatic heterocycles. The minimum absolute atomic E-state index is 0.0269. The number of unbranched alkanes of at least 4 members (excludes halogenated alkanes) is 35. The minimum atomic E-state index is -4.63. The number of ether oxygens (including phenoxy) is 2. The third-order valence-corrected chi connectivity index (χ3v) is 13.2. The summed E-state index contributed by atoms with van der Waals surface area (Å²) in [6.07, 6.45) is 52.5. The molecule has 0 aromatic rings. The average Bonchev–Trinajstić information content (AvgIpc) is 3.25. The maximum atomic E-state index is 12.8. The summed E-state index contributed by atoms with van der Waals surface area (Å²) in [6.45, 7) is 4.28. The monoisotopic (exact) mass is 928 g/mol. The van der Waals surface area contributed by atoms with Crippen LogP contribution in [0.1, 0.15) is 271 Å². The lowest BCUT2D eigenvalue weighted by atomic mass is 10.0. The van der Waals surface area contributed by atoms with Gasteiger partial charge in [-0.15, -0.1) is 0 Å². The van der Waals surface area contributed by atoms with Crippen molar-refractivity contribution in [1.29, 1.82) is 0 Å². The van der Waals surface area contributed by atoms with Crippen molar-refractivity contribution in [3.8, 4) is 0 Å². The number of nitrogens with zero attached hydrogens (tertiary/aromatic N) is 1. The molecule has 0 saturated carbocycles. The van der Waals surface area contributed by atoms with Gasteiger partial charge in [-0.2, -0.15) is 0 Å². The van der Waals surface area contributed by atoms with Crippen molar-refractivity contribution in [2.24, 2.45) is 0 Å². The van der Waals surface area contributed by atoms with E-state index in [2.05, 4.69) is 26.0 Å². The summed E-state index contributed by atoms with van der Waals surface area (Å²) in [7, 11) is 1.18. The van der Waals surface area contributed by atoms with Crippen LogP contribution in [0.3, 0.4) is 0 Å². The number of likely N-dealkylation sites (N-methyl/N-ethyl adjacent to an activating group) is 1. The second-order valence-electron chi connectivity index (χ2n) is 20.0. The highest BCUT2D eigenvalue weighted by Gasteiger charge is 2.21. The van der Waals surface area contributed by atoms with Crippen LogP contribution in [0.15, 0.2) is 12.2 Å². The van der Waals surface area contributed by atoms with Crippen molar-refractivity contribution < 1.29 is 42.1 Å². The van der Waals surface area contributed by atoms with Crippen LogP contribution in [0.5, 0.6) is 0 Å². The number of quaternary nitrogens is 1. The normalized spacial score (nSPS) is 13.4. The zero-order valence-corrected chi connectivity index (χ0v) is 43.9. The molecule has 0 radical (unpaired) electrons. The summed E-state index contributed by atoms with van der Waals surface area (Å²) < 4.78 is 34.1. The van der Waals surface area contributed by atoms with E-state index in [0.717, 1.165) is 32.1 Å². The Bertz CT molecular complexity index is 1100.